The molecule has 1 amide bonds. The average molecular weight is 427 g/mol. The van der Waals surface area contributed by atoms with Crippen LogP contribution in [0, 0.1) is 0 Å². The number of aromatic nitrogens is 2. The van der Waals surface area contributed by atoms with Crippen LogP contribution in [0.15, 0.2) is 17.5 Å². The van der Waals surface area contributed by atoms with E-state index >= 15 is 0 Å². The summed E-state index contributed by atoms with van der Waals surface area (Å²) in [6.07, 6.45) is 3.74. The lowest BCUT2D eigenvalue weighted by Gasteiger charge is -2.37. The lowest BCUT2D eigenvalue weighted by molar-refractivity contribution is -0.131. The second-order valence-corrected chi connectivity index (χ2v) is 9.61. The van der Waals surface area contributed by atoms with Crippen molar-refractivity contribution in [3.8, 4) is 0 Å². The summed E-state index contributed by atoms with van der Waals surface area (Å²) in [4.78, 5) is 33.2. The molecule has 160 valence electrons. The number of hydrogen-bond donors (Lipinski definition) is 0. The number of likely N-dealkylation sites (N-methyl/N-ethyl adjacent to an activating group) is 1. The van der Waals surface area contributed by atoms with E-state index in [0.717, 1.165) is 80.1 Å². The van der Waals surface area contributed by atoms with E-state index in [1.807, 2.05) is 22.4 Å². The van der Waals surface area contributed by atoms with Crippen molar-refractivity contribution >= 4 is 29.0 Å². The fourth-order valence-corrected chi connectivity index (χ4v) is 5.31. The highest BCUT2D eigenvalue weighted by Gasteiger charge is 2.30. The lowest BCUT2D eigenvalue weighted by Crippen LogP contribution is -2.46. The Morgan fingerprint density at radius 1 is 1.03 bits per heavy atom. The standard InChI is InChI=1S/C22H30N6OS/c1-25-10-12-26(13-11-25)21-18-16-28(20(29)15-17-5-4-14-30-17)9-6-19(18)23-22(24-21)27-7-2-3-8-27/h4-5,14H,2-3,6-13,15-16H2,1H3. The minimum absolute atomic E-state index is 0.205. The maximum atomic E-state index is 12.9. The van der Waals surface area contributed by atoms with Crippen molar-refractivity contribution in [2.24, 2.45) is 0 Å². The van der Waals surface area contributed by atoms with Gasteiger partial charge < -0.3 is 19.6 Å². The Morgan fingerprint density at radius 3 is 2.57 bits per heavy atom. The summed E-state index contributed by atoms with van der Waals surface area (Å²) in [6.45, 7) is 7.50. The number of carbonyl (C=O) groups excluding carboxylic acids is 1. The van der Waals surface area contributed by atoms with Gasteiger partial charge in [0, 0.05) is 62.7 Å². The van der Waals surface area contributed by atoms with Gasteiger partial charge in [-0.15, -0.1) is 11.3 Å². The van der Waals surface area contributed by atoms with Crippen molar-refractivity contribution < 1.29 is 4.79 Å². The van der Waals surface area contributed by atoms with Gasteiger partial charge in [0.25, 0.3) is 0 Å². The van der Waals surface area contributed by atoms with Gasteiger partial charge in [0.05, 0.1) is 18.7 Å². The number of nitrogens with zero attached hydrogens (tertiary/aromatic N) is 6. The molecule has 0 spiro atoms. The van der Waals surface area contributed by atoms with Crippen molar-refractivity contribution in [3.05, 3.63) is 33.6 Å². The molecule has 0 radical (unpaired) electrons. The Labute approximate surface area is 182 Å². The predicted molar refractivity (Wildman–Crippen MR) is 120 cm³/mol. The van der Waals surface area contributed by atoms with Crippen molar-refractivity contribution in [2.75, 3.05) is 62.7 Å². The normalized spacial score (nSPS) is 20.0. The SMILES string of the molecule is CN1CCN(c2nc(N3CCCC3)nc3c2CN(C(=O)Cc2cccs2)CC3)CC1. The monoisotopic (exact) mass is 426 g/mol. The van der Waals surface area contributed by atoms with E-state index in [9.17, 15) is 4.79 Å². The summed E-state index contributed by atoms with van der Waals surface area (Å²) in [6, 6.07) is 4.06. The van der Waals surface area contributed by atoms with Crippen LogP contribution in [0.1, 0.15) is 29.0 Å². The molecule has 0 aromatic carbocycles. The number of piperazine rings is 1. The Balaban J connectivity index is 1.43. The van der Waals surface area contributed by atoms with E-state index in [0.29, 0.717) is 13.0 Å². The van der Waals surface area contributed by atoms with E-state index in [4.69, 9.17) is 9.97 Å². The van der Waals surface area contributed by atoms with Crippen LogP contribution in [0.4, 0.5) is 11.8 Å². The molecule has 0 bridgehead atoms. The number of fused-ring (bicyclic) bond motifs is 1. The quantitative estimate of drug-likeness (QED) is 0.746. The van der Waals surface area contributed by atoms with Gasteiger partial charge >= 0.3 is 0 Å². The first kappa shape index (κ1) is 19.8. The van der Waals surface area contributed by atoms with Crippen molar-refractivity contribution in [3.63, 3.8) is 0 Å². The Bertz CT molecular complexity index is 887. The fourth-order valence-electron chi connectivity index (χ4n) is 4.61. The molecule has 7 nitrogen and oxygen atoms in total. The third kappa shape index (κ3) is 4.03. The van der Waals surface area contributed by atoms with Gasteiger partial charge in [-0.05, 0) is 31.3 Å². The zero-order valence-electron chi connectivity index (χ0n) is 17.7. The van der Waals surface area contributed by atoms with Gasteiger partial charge in [0.2, 0.25) is 11.9 Å². The van der Waals surface area contributed by atoms with Gasteiger partial charge in [-0.1, -0.05) is 6.07 Å². The van der Waals surface area contributed by atoms with Gasteiger partial charge in [0.1, 0.15) is 5.82 Å². The van der Waals surface area contributed by atoms with Crippen LogP contribution in [0.5, 0.6) is 0 Å². The highest BCUT2D eigenvalue weighted by atomic mass is 32.1. The maximum absolute atomic E-state index is 12.9. The van der Waals surface area contributed by atoms with Crippen LogP contribution in [0.3, 0.4) is 0 Å². The molecule has 0 aliphatic carbocycles. The molecule has 0 saturated carbocycles. The zero-order chi connectivity index (χ0) is 20.5. The highest BCUT2D eigenvalue weighted by Crippen LogP contribution is 2.31. The summed E-state index contributed by atoms with van der Waals surface area (Å²) in [5.41, 5.74) is 2.30. The van der Waals surface area contributed by atoms with E-state index in [2.05, 4.69) is 21.7 Å². The van der Waals surface area contributed by atoms with Crippen molar-refractivity contribution in [2.45, 2.75) is 32.2 Å². The van der Waals surface area contributed by atoms with Crippen LogP contribution < -0.4 is 9.80 Å². The molecule has 5 rings (SSSR count). The van der Waals surface area contributed by atoms with Crippen molar-refractivity contribution in [1.82, 2.24) is 19.8 Å². The molecule has 2 aromatic heterocycles. The van der Waals surface area contributed by atoms with Crippen LogP contribution in [0.2, 0.25) is 0 Å². The summed E-state index contributed by atoms with van der Waals surface area (Å²) in [5, 5.41) is 2.04. The summed E-state index contributed by atoms with van der Waals surface area (Å²) in [7, 11) is 2.17. The molecule has 5 heterocycles. The Hall–Kier alpha value is -2.19. The lowest BCUT2D eigenvalue weighted by atomic mass is 10.0. The van der Waals surface area contributed by atoms with Gasteiger partial charge in [-0.2, -0.15) is 4.98 Å². The number of carbonyl (C=O) groups is 1. The van der Waals surface area contributed by atoms with Gasteiger partial charge in [0.15, 0.2) is 0 Å². The number of amides is 1. The average Bonchev–Trinajstić information content (AvgIpc) is 3.47. The minimum atomic E-state index is 0.205. The molecule has 2 fully saturated rings. The molecule has 0 atom stereocenters. The number of thiophene rings is 1. The van der Waals surface area contributed by atoms with E-state index in [1.54, 1.807) is 11.3 Å². The molecule has 3 aliphatic rings. The zero-order valence-corrected chi connectivity index (χ0v) is 18.5. The number of anilines is 2. The van der Waals surface area contributed by atoms with Crippen LogP contribution in [-0.2, 0) is 24.2 Å². The predicted octanol–water partition coefficient (Wildman–Crippen LogP) is 2.02. The summed E-state index contributed by atoms with van der Waals surface area (Å²) < 4.78 is 0. The first-order valence-electron chi connectivity index (χ1n) is 11.1. The van der Waals surface area contributed by atoms with Crippen molar-refractivity contribution in [1.29, 1.82) is 0 Å². The van der Waals surface area contributed by atoms with Crippen LogP contribution in [-0.4, -0.2) is 78.5 Å². The van der Waals surface area contributed by atoms with E-state index in [-0.39, 0.29) is 5.91 Å². The number of rotatable bonds is 4. The van der Waals surface area contributed by atoms with E-state index < -0.39 is 0 Å². The van der Waals surface area contributed by atoms with Crippen LogP contribution >= 0.6 is 11.3 Å². The third-order valence-electron chi connectivity index (χ3n) is 6.48. The Kier molecular flexibility index (Phi) is 5.60. The van der Waals surface area contributed by atoms with Gasteiger partial charge in [-0.25, -0.2) is 4.98 Å². The second-order valence-electron chi connectivity index (χ2n) is 8.58. The molecule has 0 N–H and O–H groups in total. The van der Waals surface area contributed by atoms with E-state index in [1.165, 1.54) is 12.8 Å². The highest BCUT2D eigenvalue weighted by molar-refractivity contribution is 7.10. The smallest absolute Gasteiger partial charge is 0.228 e. The van der Waals surface area contributed by atoms with Crippen LogP contribution in [0.25, 0.3) is 0 Å². The largest absolute Gasteiger partial charge is 0.354 e. The summed E-state index contributed by atoms with van der Waals surface area (Å²) in [5.74, 6) is 2.15. The maximum Gasteiger partial charge on any atom is 0.228 e. The molecule has 0 unspecified atom stereocenters. The molecular formula is C22H30N6OS. The fraction of sp³-hybridized carbons (Fsp3) is 0.591. The summed E-state index contributed by atoms with van der Waals surface area (Å²) >= 11 is 1.65. The molecule has 30 heavy (non-hydrogen) atoms. The minimum Gasteiger partial charge on any atom is -0.354 e. The topological polar surface area (TPSA) is 55.8 Å². The molecule has 2 aromatic rings. The molecule has 8 heteroatoms. The molecule has 3 aliphatic heterocycles. The molecular weight excluding hydrogens is 396 g/mol. The Morgan fingerprint density at radius 2 is 1.83 bits per heavy atom. The first-order chi connectivity index (χ1) is 14.7. The number of hydrogen-bond acceptors (Lipinski definition) is 7. The van der Waals surface area contributed by atoms with Gasteiger partial charge in [-0.3, -0.25) is 4.79 Å². The third-order valence-corrected chi connectivity index (χ3v) is 7.35. The first-order valence-corrected chi connectivity index (χ1v) is 11.9. The molecule has 2 saturated heterocycles. The second kappa shape index (κ2) is 8.51.